The molecule has 0 aliphatic carbocycles. The van der Waals surface area contributed by atoms with E-state index in [0.29, 0.717) is 6.42 Å². The lowest BCUT2D eigenvalue weighted by molar-refractivity contribution is -0.139. The highest BCUT2D eigenvalue weighted by atomic mass is 32.2. The maximum absolute atomic E-state index is 12.3. The average molecular weight is 355 g/mol. The van der Waals surface area contributed by atoms with Crippen molar-refractivity contribution in [2.24, 2.45) is 0 Å². The van der Waals surface area contributed by atoms with Gasteiger partial charge >= 0.3 is 5.97 Å². The van der Waals surface area contributed by atoms with Crippen LogP contribution in [0.15, 0.2) is 29.2 Å². The quantitative estimate of drug-likeness (QED) is 0.732. The summed E-state index contributed by atoms with van der Waals surface area (Å²) in [6.45, 7) is 5.49. The topological polar surface area (TPSA) is 91.8 Å². The third-order valence-corrected chi connectivity index (χ3v) is 5.55. The molecule has 24 heavy (non-hydrogen) atoms. The Labute approximate surface area is 143 Å². The number of aliphatic carboxylic acids is 1. The molecule has 0 unspecified atom stereocenters. The normalized spacial score (nSPS) is 11.5. The SMILES string of the molecule is CCS(=O)(=O)c1ccc(CCC(=O)N(CCC(=O)O)C(C)C)cc1. The minimum atomic E-state index is -3.22. The van der Waals surface area contributed by atoms with Gasteiger partial charge < -0.3 is 10.0 Å². The van der Waals surface area contributed by atoms with Crippen LogP contribution < -0.4 is 0 Å². The van der Waals surface area contributed by atoms with Crippen LogP contribution >= 0.6 is 0 Å². The Morgan fingerprint density at radius 2 is 1.71 bits per heavy atom. The third kappa shape index (κ3) is 5.96. The lowest BCUT2D eigenvalue weighted by atomic mass is 10.1. The van der Waals surface area contributed by atoms with E-state index in [1.54, 1.807) is 36.1 Å². The Hall–Kier alpha value is -1.89. The van der Waals surface area contributed by atoms with Crippen molar-refractivity contribution >= 4 is 21.7 Å². The second kappa shape index (κ2) is 8.82. The van der Waals surface area contributed by atoms with Gasteiger partial charge in [0.05, 0.1) is 17.1 Å². The number of aryl methyl sites for hydroxylation is 1. The van der Waals surface area contributed by atoms with Gasteiger partial charge in [-0.25, -0.2) is 8.42 Å². The molecule has 134 valence electrons. The number of hydrogen-bond acceptors (Lipinski definition) is 4. The summed E-state index contributed by atoms with van der Waals surface area (Å²) in [5, 5.41) is 8.76. The van der Waals surface area contributed by atoms with Gasteiger partial charge in [0, 0.05) is 19.0 Å². The van der Waals surface area contributed by atoms with Crippen LogP contribution in [-0.4, -0.2) is 48.6 Å². The van der Waals surface area contributed by atoms with Gasteiger partial charge in [0.15, 0.2) is 9.84 Å². The Balaban J connectivity index is 2.67. The molecule has 7 heteroatoms. The predicted molar refractivity (Wildman–Crippen MR) is 91.6 cm³/mol. The molecule has 0 aliphatic heterocycles. The minimum Gasteiger partial charge on any atom is -0.481 e. The molecule has 0 heterocycles. The number of carboxylic acids is 1. The van der Waals surface area contributed by atoms with Crippen molar-refractivity contribution in [2.75, 3.05) is 12.3 Å². The molecule has 0 saturated carbocycles. The van der Waals surface area contributed by atoms with Crippen molar-refractivity contribution in [1.29, 1.82) is 0 Å². The molecule has 1 N–H and O–H groups in total. The van der Waals surface area contributed by atoms with Crippen molar-refractivity contribution in [2.45, 2.75) is 51.0 Å². The number of carbonyl (C=O) groups is 2. The Morgan fingerprint density at radius 1 is 1.12 bits per heavy atom. The molecule has 0 atom stereocenters. The van der Waals surface area contributed by atoms with E-state index in [2.05, 4.69) is 0 Å². The second-order valence-corrected chi connectivity index (χ2v) is 8.15. The van der Waals surface area contributed by atoms with E-state index in [9.17, 15) is 18.0 Å². The summed E-state index contributed by atoms with van der Waals surface area (Å²) in [6, 6.07) is 6.49. The lowest BCUT2D eigenvalue weighted by Gasteiger charge is -2.26. The smallest absolute Gasteiger partial charge is 0.305 e. The summed E-state index contributed by atoms with van der Waals surface area (Å²) in [7, 11) is -3.22. The van der Waals surface area contributed by atoms with Gasteiger partial charge in [0.1, 0.15) is 0 Å². The van der Waals surface area contributed by atoms with Crippen LogP contribution in [0.1, 0.15) is 39.2 Å². The zero-order valence-electron chi connectivity index (χ0n) is 14.4. The van der Waals surface area contributed by atoms with Crippen molar-refractivity contribution in [3.63, 3.8) is 0 Å². The van der Waals surface area contributed by atoms with Gasteiger partial charge in [-0.1, -0.05) is 19.1 Å². The molecule has 0 spiro atoms. The van der Waals surface area contributed by atoms with Gasteiger partial charge in [-0.15, -0.1) is 0 Å². The predicted octanol–water partition coefficient (Wildman–Crippen LogP) is 2.12. The molecule has 0 radical (unpaired) electrons. The number of carbonyl (C=O) groups excluding carboxylic acids is 1. The number of rotatable bonds is 9. The lowest BCUT2D eigenvalue weighted by Crippen LogP contribution is -2.38. The molecule has 6 nitrogen and oxygen atoms in total. The summed E-state index contributed by atoms with van der Waals surface area (Å²) >= 11 is 0. The largest absolute Gasteiger partial charge is 0.481 e. The maximum atomic E-state index is 12.3. The van der Waals surface area contributed by atoms with E-state index >= 15 is 0 Å². The number of hydrogen-bond donors (Lipinski definition) is 1. The minimum absolute atomic E-state index is 0.0533. The molecular weight excluding hydrogens is 330 g/mol. The molecule has 0 aromatic heterocycles. The number of amides is 1. The van der Waals surface area contributed by atoms with Gasteiger partial charge in [-0.3, -0.25) is 9.59 Å². The summed E-state index contributed by atoms with van der Waals surface area (Å²) in [5.41, 5.74) is 0.875. The summed E-state index contributed by atoms with van der Waals surface area (Å²) in [5.74, 6) is -0.977. The van der Waals surface area contributed by atoms with Crippen LogP contribution in [0.25, 0.3) is 0 Å². The maximum Gasteiger partial charge on any atom is 0.305 e. The molecule has 0 bridgehead atoms. The van der Waals surface area contributed by atoms with Crippen LogP contribution in [-0.2, 0) is 25.8 Å². The Kier molecular flexibility index (Phi) is 7.41. The monoisotopic (exact) mass is 355 g/mol. The van der Waals surface area contributed by atoms with E-state index in [1.807, 2.05) is 13.8 Å². The molecule has 1 aromatic carbocycles. The van der Waals surface area contributed by atoms with Crippen LogP contribution in [0.3, 0.4) is 0 Å². The van der Waals surface area contributed by atoms with Crippen LogP contribution in [0.4, 0.5) is 0 Å². The van der Waals surface area contributed by atoms with E-state index in [-0.39, 0.29) is 42.0 Å². The molecule has 0 fully saturated rings. The van der Waals surface area contributed by atoms with E-state index < -0.39 is 15.8 Å². The zero-order valence-corrected chi connectivity index (χ0v) is 15.2. The van der Waals surface area contributed by atoms with Gasteiger partial charge in [0.2, 0.25) is 5.91 Å². The summed E-state index contributed by atoms with van der Waals surface area (Å²) < 4.78 is 23.5. The molecule has 1 aromatic rings. The fourth-order valence-electron chi connectivity index (χ4n) is 2.31. The Bertz CT molecular complexity index is 665. The summed E-state index contributed by atoms with van der Waals surface area (Å²) in [4.78, 5) is 24.8. The van der Waals surface area contributed by atoms with Crippen molar-refractivity contribution in [1.82, 2.24) is 4.90 Å². The first kappa shape index (κ1) is 20.2. The van der Waals surface area contributed by atoms with Crippen molar-refractivity contribution in [3.05, 3.63) is 29.8 Å². The average Bonchev–Trinajstić information content (AvgIpc) is 2.52. The zero-order chi connectivity index (χ0) is 18.3. The highest BCUT2D eigenvalue weighted by molar-refractivity contribution is 7.91. The molecule has 0 saturated heterocycles. The second-order valence-electron chi connectivity index (χ2n) is 5.87. The standard InChI is InChI=1S/C17H25NO5S/c1-4-24(22,23)15-8-5-14(6-9-15)7-10-16(19)18(13(2)3)12-11-17(20)21/h5-6,8-9,13H,4,7,10-12H2,1-3H3,(H,20,21). The molecule has 1 amide bonds. The highest BCUT2D eigenvalue weighted by Gasteiger charge is 2.18. The first-order valence-electron chi connectivity index (χ1n) is 8.00. The fourth-order valence-corrected chi connectivity index (χ4v) is 3.20. The van der Waals surface area contributed by atoms with E-state index in [0.717, 1.165) is 5.56 Å². The van der Waals surface area contributed by atoms with Crippen molar-refractivity contribution in [3.8, 4) is 0 Å². The van der Waals surface area contributed by atoms with Gasteiger partial charge in [-0.2, -0.15) is 0 Å². The number of nitrogens with zero attached hydrogens (tertiary/aromatic N) is 1. The first-order chi connectivity index (χ1) is 11.2. The first-order valence-corrected chi connectivity index (χ1v) is 9.65. The van der Waals surface area contributed by atoms with Crippen LogP contribution in [0, 0.1) is 0 Å². The highest BCUT2D eigenvalue weighted by Crippen LogP contribution is 2.14. The van der Waals surface area contributed by atoms with Crippen LogP contribution in [0.2, 0.25) is 0 Å². The van der Waals surface area contributed by atoms with E-state index in [1.165, 1.54) is 0 Å². The summed E-state index contributed by atoms with van der Waals surface area (Å²) in [6.07, 6.45) is 0.673. The number of benzene rings is 1. The molecule has 0 aliphatic rings. The Morgan fingerprint density at radius 3 is 2.17 bits per heavy atom. The van der Waals surface area contributed by atoms with Gasteiger partial charge in [0.25, 0.3) is 0 Å². The molecular formula is C17H25NO5S. The number of carboxylic acid groups (broad SMARTS) is 1. The molecule has 1 rings (SSSR count). The van der Waals surface area contributed by atoms with Gasteiger partial charge in [-0.05, 0) is 38.0 Å². The van der Waals surface area contributed by atoms with E-state index in [4.69, 9.17) is 5.11 Å². The number of sulfone groups is 1. The van der Waals surface area contributed by atoms with Crippen molar-refractivity contribution < 1.29 is 23.1 Å². The van der Waals surface area contributed by atoms with Crippen LogP contribution in [0.5, 0.6) is 0 Å². The third-order valence-electron chi connectivity index (χ3n) is 3.80. The fraction of sp³-hybridized carbons (Fsp3) is 0.529.